The second kappa shape index (κ2) is 6.50. The van der Waals surface area contributed by atoms with Gasteiger partial charge in [0.25, 0.3) is 0 Å². The minimum absolute atomic E-state index is 0.270. The molecule has 0 aliphatic carbocycles. The van der Waals surface area contributed by atoms with Crippen molar-refractivity contribution < 1.29 is 5.11 Å². The number of aliphatic hydroxyl groups is 1. The van der Waals surface area contributed by atoms with Crippen molar-refractivity contribution in [3.8, 4) is 11.3 Å². The quantitative estimate of drug-likeness (QED) is 0.837. The Morgan fingerprint density at radius 2 is 2.05 bits per heavy atom. The topological polar surface area (TPSA) is 52.1 Å². The molecule has 4 nitrogen and oxygen atoms in total. The molecule has 1 heterocycles. The van der Waals surface area contributed by atoms with Crippen LogP contribution in [0.1, 0.15) is 19.2 Å². The summed E-state index contributed by atoms with van der Waals surface area (Å²) in [5, 5.41) is 9.62. The number of rotatable bonds is 6. The lowest BCUT2D eigenvalue weighted by molar-refractivity contribution is 0.118. The Kier molecular flexibility index (Phi) is 4.71. The molecule has 19 heavy (non-hydrogen) atoms. The minimum atomic E-state index is -0.270. The number of aromatic amines is 1. The van der Waals surface area contributed by atoms with Crippen molar-refractivity contribution in [2.45, 2.75) is 26.0 Å². The lowest BCUT2D eigenvalue weighted by Gasteiger charge is -2.18. The number of H-pyrrole nitrogens is 1. The van der Waals surface area contributed by atoms with Gasteiger partial charge in [-0.2, -0.15) is 0 Å². The van der Waals surface area contributed by atoms with E-state index in [1.165, 1.54) is 0 Å². The van der Waals surface area contributed by atoms with Crippen LogP contribution >= 0.6 is 0 Å². The van der Waals surface area contributed by atoms with E-state index >= 15 is 0 Å². The highest BCUT2D eigenvalue weighted by Crippen LogP contribution is 2.16. The van der Waals surface area contributed by atoms with Crippen molar-refractivity contribution in [2.24, 2.45) is 0 Å². The average molecular weight is 259 g/mol. The maximum absolute atomic E-state index is 9.62. The molecule has 0 aliphatic heterocycles. The van der Waals surface area contributed by atoms with Gasteiger partial charge in [0, 0.05) is 6.54 Å². The molecular weight excluding hydrogens is 238 g/mol. The maximum Gasteiger partial charge on any atom is 0.120 e. The van der Waals surface area contributed by atoms with Gasteiger partial charge in [-0.1, -0.05) is 37.3 Å². The van der Waals surface area contributed by atoms with Crippen molar-refractivity contribution >= 4 is 0 Å². The van der Waals surface area contributed by atoms with Gasteiger partial charge in [0.1, 0.15) is 5.82 Å². The number of nitrogens with one attached hydrogen (secondary N) is 1. The Hall–Kier alpha value is -1.65. The SMILES string of the molecule is CC[C@@H](O)CN(C)Cc1ncc(-c2ccccc2)[nH]1. The molecule has 0 spiro atoms. The first-order valence-electron chi connectivity index (χ1n) is 6.65. The molecule has 1 aromatic carbocycles. The summed E-state index contributed by atoms with van der Waals surface area (Å²) in [6.07, 6.45) is 2.36. The first-order chi connectivity index (χ1) is 9.19. The van der Waals surface area contributed by atoms with E-state index in [4.69, 9.17) is 0 Å². The third-order valence-corrected chi connectivity index (χ3v) is 3.13. The van der Waals surface area contributed by atoms with Crippen LogP contribution in [0.25, 0.3) is 11.3 Å². The first-order valence-corrected chi connectivity index (χ1v) is 6.65. The fourth-order valence-corrected chi connectivity index (χ4v) is 2.02. The normalized spacial score (nSPS) is 12.8. The fraction of sp³-hybridized carbons (Fsp3) is 0.400. The van der Waals surface area contributed by atoms with E-state index in [1.54, 1.807) is 0 Å². The van der Waals surface area contributed by atoms with Gasteiger partial charge < -0.3 is 10.1 Å². The van der Waals surface area contributed by atoms with Crippen LogP contribution in [0, 0.1) is 0 Å². The lowest BCUT2D eigenvalue weighted by Crippen LogP contribution is -2.28. The monoisotopic (exact) mass is 259 g/mol. The molecule has 1 aromatic heterocycles. The zero-order valence-electron chi connectivity index (χ0n) is 11.5. The van der Waals surface area contributed by atoms with Gasteiger partial charge in [0.15, 0.2) is 0 Å². The van der Waals surface area contributed by atoms with Gasteiger partial charge >= 0.3 is 0 Å². The van der Waals surface area contributed by atoms with Crippen LogP contribution < -0.4 is 0 Å². The van der Waals surface area contributed by atoms with Crippen molar-refractivity contribution in [1.82, 2.24) is 14.9 Å². The van der Waals surface area contributed by atoms with Crippen LogP contribution in [0.4, 0.5) is 0 Å². The van der Waals surface area contributed by atoms with Crippen molar-refractivity contribution in [2.75, 3.05) is 13.6 Å². The third-order valence-electron chi connectivity index (χ3n) is 3.13. The smallest absolute Gasteiger partial charge is 0.120 e. The number of aliphatic hydroxyl groups excluding tert-OH is 1. The van der Waals surface area contributed by atoms with E-state index in [9.17, 15) is 5.11 Å². The fourth-order valence-electron chi connectivity index (χ4n) is 2.02. The van der Waals surface area contributed by atoms with E-state index in [2.05, 4.69) is 27.0 Å². The predicted molar refractivity (Wildman–Crippen MR) is 76.7 cm³/mol. The summed E-state index contributed by atoms with van der Waals surface area (Å²) < 4.78 is 0. The van der Waals surface area contributed by atoms with Crippen molar-refractivity contribution in [3.05, 3.63) is 42.4 Å². The molecule has 0 fully saturated rings. The summed E-state index contributed by atoms with van der Waals surface area (Å²) >= 11 is 0. The second-order valence-corrected chi connectivity index (χ2v) is 4.87. The van der Waals surface area contributed by atoms with Gasteiger partial charge in [-0.05, 0) is 19.0 Å². The lowest BCUT2D eigenvalue weighted by atomic mass is 10.2. The van der Waals surface area contributed by atoms with E-state index in [0.29, 0.717) is 13.1 Å². The summed E-state index contributed by atoms with van der Waals surface area (Å²) in [6, 6.07) is 10.1. The predicted octanol–water partition coefficient (Wildman–Crippen LogP) is 2.28. The average Bonchev–Trinajstić information content (AvgIpc) is 2.88. The van der Waals surface area contributed by atoms with Crippen molar-refractivity contribution in [1.29, 1.82) is 0 Å². The standard InChI is InChI=1S/C15H21N3O/c1-3-13(19)10-18(2)11-15-16-9-14(17-15)12-7-5-4-6-8-12/h4-9,13,19H,3,10-11H2,1-2H3,(H,16,17)/t13-/m1/s1. The van der Waals surface area contributed by atoms with Crippen LogP contribution in [-0.4, -0.2) is 39.7 Å². The van der Waals surface area contributed by atoms with E-state index in [1.807, 2.05) is 38.4 Å². The summed E-state index contributed by atoms with van der Waals surface area (Å²) in [4.78, 5) is 9.78. The number of benzene rings is 1. The van der Waals surface area contributed by atoms with Gasteiger partial charge in [-0.15, -0.1) is 0 Å². The zero-order valence-corrected chi connectivity index (χ0v) is 11.5. The maximum atomic E-state index is 9.62. The molecule has 0 unspecified atom stereocenters. The molecule has 2 N–H and O–H groups in total. The van der Waals surface area contributed by atoms with Gasteiger partial charge in [-0.3, -0.25) is 4.90 Å². The van der Waals surface area contributed by atoms with E-state index in [-0.39, 0.29) is 6.10 Å². The Balaban J connectivity index is 1.98. The van der Waals surface area contributed by atoms with Gasteiger partial charge in [0.2, 0.25) is 0 Å². The number of likely N-dealkylation sites (N-methyl/N-ethyl adjacent to an activating group) is 1. The second-order valence-electron chi connectivity index (χ2n) is 4.87. The van der Waals surface area contributed by atoms with E-state index in [0.717, 1.165) is 23.5 Å². The van der Waals surface area contributed by atoms with Crippen LogP contribution in [-0.2, 0) is 6.54 Å². The molecule has 2 rings (SSSR count). The number of aromatic nitrogens is 2. The Labute approximate surface area is 114 Å². The molecule has 0 saturated heterocycles. The highest BCUT2D eigenvalue weighted by atomic mass is 16.3. The molecule has 1 atom stereocenters. The molecule has 0 amide bonds. The van der Waals surface area contributed by atoms with Crippen LogP contribution in [0.3, 0.4) is 0 Å². The third kappa shape index (κ3) is 3.91. The number of hydrogen-bond donors (Lipinski definition) is 2. The molecular formula is C15H21N3O. The Morgan fingerprint density at radius 3 is 2.74 bits per heavy atom. The molecule has 102 valence electrons. The molecule has 0 radical (unpaired) electrons. The van der Waals surface area contributed by atoms with Gasteiger partial charge in [-0.25, -0.2) is 4.98 Å². The number of nitrogens with zero attached hydrogens (tertiary/aromatic N) is 2. The summed E-state index contributed by atoms with van der Waals surface area (Å²) in [5.41, 5.74) is 2.16. The molecule has 0 aliphatic rings. The van der Waals surface area contributed by atoms with E-state index < -0.39 is 0 Å². The molecule has 2 aromatic rings. The molecule has 0 bridgehead atoms. The highest BCUT2D eigenvalue weighted by Gasteiger charge is 2.09. The molecule has 0 saturated carbocycles. The summed E-state index contributed by atoms with van der Waals surface area (Å²) in [7, 11) is 1.99. The van der Waals surface area contributed by atoms with Gasteiger partial charge in [0.05, 0.1) is 24.5 Å². The minimum Gasteiger partial charge on any atom is -0.392 e. The summed E-state index contributed by atoms with van der Waals surface area (Å²) in [5.74, 6) is 0.921. The highest BCUT2D eigenvalue weighted by molar-refractivity contribution is 5.57. The first kappa shape index (κ1) is 13.8. The molecule has 4 heteroatoms. The number of imidazole rings is 1. The van der Waals surface area contributed by atoms with Crippen molar-refractivity contribution in [3.63, 3.8) is 0 Å². The summed E-state index contributed by atoms with van der Waals surface area (Å²) in [6.45, 7) is 3.36. The Bertz CT molecular complexity index is 495. The van der Waals surface area contributed by atoms with Crippen LogP contribution in [0.2, 0.25) is 0 Å². The van der Waals surface area contributed by atoms with Crippen LogP contribution in [0.15, 0.2) is 36.5 Å². The zero-order chi connectivity index (χ0) is 13.7. The number of hydrogen-bond acceptors (Lipinski definition) is 3. The van der Waals surface area contributed by atoms with Crippen LogP contribution in [0.5, 0.6) is 0 Å². The largest absolute Gasteiger partial charge is 0.392 e. The Morgan fingerprint density at radius 1 is 1.32 bits per heavy atom.